The third kappa shape index (κ3) is 10.6. The van der Waals surface area contributed by atoms with Gasteiger partial charge in [0.15, 0.2) is 0 Å². The third-order valence-corrected chi connectivity index (χ3v) is 3.29. The second kappa shape index (κ2) is 11.6. The van der Waals surface area contributed by atoms with E-state index in [2.05, 4.69) is 27.9 Å². The van der Waals surface area contributed by atoms with Gasteiger partial charge < -0.3 is 5.32 Å². The average Bonchev–Trinajstić information content (AvgIpc) is 2.20. The third-order valence-electron chi connectivity index (χ3n) is 1.92. The summed E-state index contributed by atoms with van der Waals surface area (Å²) in [7, 11) is 0. The lowest BCUT2D eigenvalue weighted by Gasteiger charge is -2.03. The highest BCUT2D eigenvalue weighted by Gasteiger charge is 1.98. The lowest BCUT2D eigenvalue weighted by Crippen LogP contribution is -2.24. The molecule has 0 radical (unpaired) electrons. The fourth-order valence-electron chi connectivity index (χ4n) is 1.08. The fourth-order valence-corrected chi connectivity index (χ4v) is 2.01. The Morgan fingerprint density at radius 1 is 1.29 bits per heavy atom. The van der Waals surface area contributed by atoms with Crippen LogP contribution >= 0.6 is 34.4 Å². The van der Waals surface area contributed by atoms with Crippen LogP contribution in [0.5, 0.6) is 0 Å². The van der Waals surface area contributed by atoms with Crippen LogP contribution in [0.1, 0.15) is 32.1 Å². The van der Waals surface area contributed by atoms with Crippen LogP contribution in [0.15, 0.2) is 0 Å². The summed E-state index contributed by atoms with van der Waals surface area (Å²) in [4.78, 5) is 11.2. The Balaban J connectivity index is 3.07. The first-order valence-electron chi connectivity index (χ1n) is 5.13. The van der Waals surface area contributed by atoms with E-state index in [9.17, 15) is 4.79 Å². The molecule has 0 aromatic rings. The number of halogens is 1. The maximum Gasteiger partial charge on any atom is 0.220 e. The van der Waals surface area contributed by atoms with E-state index in [0.29, 0.717) is 6.42 Å². The molecule has 0 rings (SSSR count). The quantitative estimate of drug-likeness (QED) is 0.400. The van der Waals surface area contributed by atoms with Crippen LogP contribution in [0, 0.1) is 0 Å². The van der Waals surface area contributed by atoms with Crippen molar-refractivity contribution in [1.29, 1.82) is 0 Å². The van der Waals surface area contributed by atoms with Crippen molar-refractivity contribution >= 4 is 40.3 Å². The monoisotopic (exact) mass is 329 g/mol. The van der Waals surface area contributed by atoms with Gasteiger partial charge in [0.25, 0.3) is 0 Å². The Morgan fingerprint density at radius 3 is 2.64 bits per heavy atom. The molecule has 0 saturated carbocycles. The number of hydrogen-bond acceptors (Lipinski definition) is 2. The molecule has 0 atom stereocenters. The maximum atomic E-state index is 11.2. The molecule has 0 aliphatic heterocycles. The van der Waals surface area contributed by atoms with Crippen molar-refractivity contribution in [2.24, 2.45) is 0 Å². The van der Waals surface area contributed by atoms with E-state index in [0.717, 1.165) is 18.7 Å². The van der Waals surface area contributed by atoms with Crippen molar-refractivity contribution in [3.05, 3.63) is 0 Å². The van der Waals surface area contributed by atoms with Gasteiger partial charge in [-0.1, -0.05) is 35.4 Å². The van der Waals surface area contributed by atoms with E-state index in [4.69, 9.17) is 0 Å². The van der Waals surface area contributed by atoms with Crippen LogP contribution in [0.2, 0.25) is 0 Å². The number of unbranched alkanes of at least 4 members (excludes halogenated alkanes) is 3. The zero-order valence-electron chi connectivity index (χ0n) is 8.85. The summed E-state index contributed by atoms with van der Waals surface area (Å²) in [6.07, 6.45) is 7.66. The van der Waals surface area contributed by atoms with Crippen molar-refractivity contribution in [3.63, 3.8) is 0 Å². The SMILES string of the molecule is CSCCC(=O)NCCCCCCI. The van der Waals surface area contributed by atoms with E-state index in [1.54, 1.807) is 11.8 Å². The molecule has 0 spiro atoms. The number of nitrogens with one attached hydrogen (secondary N) is 1. The van der Waals surface area contributed by atoms with Crippen LogP contribution in [-0.4, -0.2) is 28.9 Å². The van der Waals surface area contributed by atoms with Gasteiger partial charge in [-0.2, -0.15) is 11.8 Å². The van der Waals surface area contributed by atoms with Gasteiger partial charge in [-0.05, 0) is 23.5 Å². The number of hydrogen-bond donors (Lipinski definition) is 1. The van der Waals surface area contributed by atoms with Gasteiger partial charge in [0.05, 0.1) is 0 Å². The highest BCUT2D eigenvalue weighted by molar-refractivity contribution is 14.1. The second-order valence-corrected chi connectivity index (χ2v) is 5.26. The van der Waals surface area contributed by atoms with Gasteiger partial charge in [-0.25, -0.2) is 0 Å². The molecule has 0 aliphatic rings. The first kappa shape index (κ1) is 14.6. The van der Waals surface area contributed by atoms with Gasteiger partial charge in [0, 0.05) is 18.7 Å². The molecular weight excluding hydrogens is 309 g/mol. The molecule has 84 valence electrons. The summed E-state index contributed by atoms with van der Waals surface area (Å²) in [6, 6.07) is 0. The number of alkyl halides is 1. The van der Waals surface area contributed by atoms with Crippen LogP contribution in [0.3, 0.4) is 0 Å². The molecule has 4 heteroatoms. The minimum absolute atomic E-state index is 0.202. The maximum absolute atomic E-state index is 11.2. The molecule has 0 bridgehead atoms. The zero-order chi connectivity index (χ0) is 10.6. The highest BCUT2D eigenvalue weighted by Crippen LogP contribution is 2.01. The van der Waals surface area contributed by atoms with Crippen LogP contribution in [0.25, 0.3) is 0 Å². The summed E-state index contributed by atoms with van der Waals surface area (Å²) < 4.78 is 1.25. The zero-order valence-corrected chi connectivity index (χ0v) is 11.8. The van der Waals surface area contributed by atoms with Crippen molar-refractivity contribution in [1.82, 2.24) is 5.32 Å². The smallest absolute Gasteiger partial charge is 0.220 e. The Labute approximate surface area is 105 Å². The molecule has 1 N–H and O–H groups in total. The topological polar surface area (TPSA) is 29.1 Å². The molecule has 1 amide bonds. The lowest BCUT2D eigenvalue weighted by molar-refractivity contribution is -0.120. The van der Waals surface area contributed by atoms with Crippen LogP contribution in [0.4, 0.5) is 0 Å². The minimum atomic E-state index is 0.202. The molecule has 0 aromatic heterocycles. The Hall–Kier alpha value is 0.550. The molecule has 0 aromatic carbocycles. The van der Waals surface area contributed by atoms with E-state index in [1.165, 1.54) is 23.7 Å². The van der Waals surface area contributed by atoms with Gasteiger partial charge in [-0.15, -0.1) is 0 Å². The predicted molar refractivity (Wildman–Crippen MR) is 73.4 cm³/mol. The highest BCUT2D eigenvalue weighted by atomic mass is 127. The normalized spacial score (nSPS) is 10.1. The van der Waals surface area contributed by atoms with Crippen molar-refractivity contribution in [3.8, 4) is 0 Å². The minimum Gasteiger partial charge on any atom is -0.356 e. The van der Waals surface area contributed by atoms with Gasteiger partial charge in [-0.3, -0.25) is 4.79 Å². The average molecular weight is 329 g/mol. The number of rotatable bonds is 9. The van der Waals surface area contributed by atoms with E-state index in [1.807, 2.05) is 6.26 Å². The van der Waals surface area contributed by atoms with E-state index < -0.39 is 0 Å². The summed E-state index contributed by atoms with van der Waals surface area (Å²) in [5.74, 6) is 1.13. The number of amides is 1. The standard InChI is InChI=1S/C10H20INOS/c1-14-9-6-10(13)12-8-5-3-2-4-7-11/h2-9H2,1H3,(H,12,13). The van der Waals surface area contributed by atoms with Gasteiger partial charge in [0.2, 0.25) is 5.91 Å². The summed E-state index contributed by atoms with van der Waals surface area (Å²) in [5, 5.41) is 2.94. The Morgan fingerprint density at radius 2 is 2.00 bits per heavy atom. The molecule has 0 aliphatic carbocycles. The van der Waals surface area contributed by atoms with Crippen LogP contribution < -0.4 is 5.32 Å². The van der Waals surface area contributed by atoms with Crippen LogP contribution in [-0.2, 0) is 4.79 Å². The summed E-state index contributed by atoms with van der Waals surface area (Å²) in [5.41, 5.74) is 0. The van der Waals surface area contributed by atoms with Crippen molar-refractivity contribution < 1.29 is 4.79 Å². The molecular formula is C10H20INOS. The molecule has 0 heterocycles. The number of carbonyl (C=O) groups excluding carboxylic acids is 1. The largest absolute Gasteiger partial charge is 0.356 e. The Kier molecular flexibility index (Phi) is 12.1. The second-order valence-electron chi connectivity index (χ2n) is 3.20. The predicted octanol–water partition coefficient (Wildman–Crippen LogP) is 2.85. The van der Waals surface area contributed by atoms with Crippen molar-refractivity contribution in [2.75, 3.05) is 23.0 Å². The summed E-state index contributed by atoms with van der Waals surface area (Å²) in [6.45, 7) is 0.856. The number of thioether (sulfide) groups is 1. The fraction of sp³-hybridized carbons (Fsp3) is 0.900. The lowest BCUT2D eigenvalue weighted by atomic mass is 10.2. The van der Waals surface area contributed by atoms with E-state index in [-0.39, 0.29) is 5.91 Å². The van der Waals surface area contributed by atoms with Crippen molar-refractivity contribution in [2.45, 2.75) is 32.1 Å². The molecule has 2 nitrogen and oxygen atoms in total. The Bertz CT molecular complexity index is 144. The first-order chi connectivity index (χ1) is 6.81. The summed E-state index contributed by atoms with van der Waals surface area (Å²) >= 11 is 4.12. The van der Waals surface area contributed by atoms with Gasteiger partial charge in [0.1, 0.15) is 0 Å². The first-order valence-corrected chi connectivity index (χ1v) is 8.04. The van der Waals surface area contributed by atoms with E-state index >= 15 is 0 Å². The molecule has 0 saturated heterocycles. The molecule has 0 unspecified atom stereocenters. The molecule has 0 fully saturated rings. The van der Waals surface area contributed by atoms with Gasteiger partial charge >= 0.3 is 0 Å². The molecule has 14 heavy (non-hydrogen) atoms. The number of carbonyl (C=O) groups is 1.